The maximum atomic E-state index is 12.5. The molecule has 0 spiro atoms. The van der Waals surface area contributed by atoms with Gasteiger partial charge in [-0.25, -0.2) is 4.79 Å². The van der Waals surface area contributed by atoms with E-state index in [1.54, 1.807) is 17.9 Å². The fourth-order valence-corrected chi connectivity index (χ4v) is 2.80. The molecule has 4 N–H and O–H groups in total. The summed E-state index contributed by atoms with van der Waals surface area (Å²) in [7, 11) is 0. The number of hydrogen-bond acceptors (Lipinski definition) is 4. The second-order valence-electron chi connectivity index (χ2n) is 6.72. The highest BCUT2D eigenvalue weighted by Gasteiger charge is 2.38. The molecule has 1 aliphatic rings. The predicted molar refractivity (Wildman–Crippen MR) is 106 cm³/mol. The van der Waals surface area contributed by atoms with Crippen LogP contribution in [0.2, 0.25) is 0 Å². The van der Waals surface area contributed by atoms with Crippen LogP contribution in [0.4, 0.5) is 18.9 Å². The van der Waals surface area contributed by atoms with Crippen molar-refractivity contribution in [2.75, 3.05) is 11.4 Å². The number of carbonyl (C=O) groups is 3. The van der Waals surface area contributed by atoms with Gasteiger partial charge in [0.2, 0.25) is 5.91 Å². The van der Waals surface area contributed by atoms with Crippen molar-refractivity contribution in [2.24, 2.45) is 5.73 Å². The number of nitrogens with one attached hydrogen (secondary N) is 1. The molecule has 0 aromatic heterocycles. The molecule has 0 aliphatic carbocycles. The molecule has 1 heterocycles. The molecule has 0 fully saturated rings. The van der Waals surface area contributed by atoms with E-state index in [0.717, 1.165) is 24.9 Å². The molecular weight excluding hydrogens is 403 g/mol. The summed E-state index contributed by atoms with van der Waals surface area (Å²) < 4.78 is 31.7. The number of anilines is 1. The normalized spacial score (nSPS) is 15.2. The number of carbonyl (C=O) groups excluding carboxylic acids is 2. The van der Waals surface area contributed by atoms with Gasteiger partial charge < -0.3 is 15.7 Å². The van der Waals surface area contributed by atoms with Crippen molar-refractivity contribution in [3.8, 4) is 0 Å². The topological polar surface area (TPSA) is 113 Å². The van der Waals surface area contributed by atoms with E-state index in [1.165, 1.54) is 5.56 Å². The number of hydrogen-bond donors (Lipinski definition) is 3. The SMILES string of the molecule is CCC[C@@H](/C=C/C(=O)N1CCc2ccccc21)N[C@@H](C)C(N)=O.O=C(O)C(F)(F)F. The zero-order valence-corrected chi connectivity index (χ0v) is 16.8. The zero-order valence-electron chi connectivity index (χ0n) is 16.8. The first-order valence-corrected chi connectivity index (χ1v) is 9.40. The van der Waals surface area contributed by atoms with Crippen LogP contribution < -0.4 is 16.0 Å². The Labute approximate surface area is 172 Å². The Bertz CT molecular complexity index is 781. The highest BCUT2D eigenvalue weighted by atomic mass is 19.4. The maximum Gasteiger partial charge on any atom is 0.490 e. The summed E-state index contributed by atoms with van der Waals surface area (Å²) in [6, 6.07) is 7.52. The van der Waals surface area contributed by atoms with Crippen molar-refractivity contribution in [3.63, 3.8) is 0 Å². The summed E-state index contributed by atoms with van der Waals surface area (Å²) in [5.41, 5.74) is 7.49. The van der Waals surface area contributed by atoms with E-state index >= 15 is 0 Å². The molecule has 2 amide bonds. The lowest BCUT2D eigenvalue weighted by Crippen LogP contribution is -2.43. The largest absolute Gasteiger partial charge is 0.490 e. The van der Waals surface area contributed by atoms with E-state index in [0.29, 0.717) is 6.54 Å². The van der Waals surface area contributed by atoms with Gasteiger partial charge in [-0.15, -0.1) is 0 Å². The van der Waals surface area contributed by atoms with Crippen LogP contribution in [0.5, 0.6) is 0 Å². The molecule has 0 unspecified atom stereocenters. The number of carboxylic acid groups (broad SMARTS) is 1. The Balaban J connectivity index is 0.000000553. The van der Waals surface area contributed by atoms with Gasteiger partial charge in [0.25, 0.3) is 5.91 Å². The van der Waals surface area contributed by atoms with E-state index in [9.17, 15) is 22.8 Å². The number of benzene rings is 1. The average Bonchev–Trinajstić information content (AvgIpc) is 3.10. The summed E-state index contributed by atoms with van der Waals surface area (Å²) in [5, 5.41) is 10.3. The van der Waals surface area contributed by atoms with Gasteiger partial charge >= 0.3 is 12.1 Å². The molecular formula is C20H26F3N3O4. The van der Waals surface area contributed by atoms with E-state index in [1.807, 2.05) is 24.3 Å². The lowest BCUT2D eigenvalue weighted by molar-refractivity contribution is -0.192. The molecule has 10 heteroatoms. The first-order valence-electron chi connectivity index (χ1n) is 9.40. The number of para-hydroxylation sites is 1. The molecule has 0 saturated carbocycles. The lowest BCUT2D eigenvalue weighted by atomic mass is 10.1. The van der Waals surface area contributed by atoms with Gasteiger partial charge in [-0.2, -0.15) is 13.2 Å². The van der Waals surface area contributed by atoms with Crippen molar-refractivity contribution in [1.82, 2.24) is 5.32 Å². The van der Waals surface area contributed by atoms with Crippen LogP contribution in [0.15, 0.2) is 36.4 Å². The third-order valence-electron chi connectivity index (χ3n) is 4.36. The number of primary amides is 1. The van der Waals surface area contributed by atoms with E-state index in [2.05, 4.69) is 18.3 Å². The molecule has 166 valence electrons. The van der Waals surface area contributed by atoms with Crippen molar-refractivity contribution < 1.29 is 32.7 Å². The van der Waals surface area contributed by atoms with Crippen molar-refractivity contribution >= 4 is 23.5 Å². The molecule has 1 aromatic carbocycles. The fraction of sp³-hybridized carbons (Fsp3) is 0.450. The number of halogens is 3. The van der Waals surface area contributed by atoms with Crippen molar-refractivity contribution in [1.29, 1.82) is 0 Å². The third-order valence-corrected chi connectivity index (χ3v) is 4.36. The molecule has 30 heavy (non-hydrogen) atoms. The number of rotatable bonds is 7. The van der Waals surface area contributed by atoms with Gasteiger partial charge in [-0.3, -0.25) is 14.9 Å². The quantitative estimate of drug-likeness (QED) is 0.576. The standard InChI is InChI=1S/C18H25N3O2.C2HF3O2/c1-3-6-15(20-13(2)18(19)23)9-10-17(22)21-12-11-14-7-4-5-8-16(14)21;3-2(4,5)1(6)7/h4-5,7-10,13,15,20H,3,6,11-12H2,1-2H3,(H2,19,23);(H,6,7)/b10-9+;/t13-,15-;/m0./s1. The number of amides is 2. The van der Waals surface area contributed by atoms with Crippen molar-refractivity contribution in [3.05, 3.63) is 42.0 Å². The van der Waals surface area contributed by atoms with Gasteiger partial charge in [0.15, 0.2) is 0 Å². The molecule has 0 saturated heterocycles. The summed E-state index contributed by atoms with van der Waals surface area (Å²) in [6.45, 7) is 4.51. The van der Waals surface area contributed by atoms with E-state index in [-0.39, 0.29) is 17.9 Å². The van der Waals surface area contributed by atoms with Crippen LogP contribution in [-0.2, 0) is 20.8 Å². The number of carboxylic acids is 1. The first-order chi connectivity index (χ1) is 14.0. The molecule has 1 aliphatic heterocycles. The number of aliphatic carboxylic acids is 1. The fourth-order valence-electron chi connectivity index (χ4n) is 2.80. The van der Waals surface area contributed by atoms with Gasteiger partial charge in [0.05, 0.1) is 6.04 Å². The highest BCUT2D eigenvalue weighted by Crippen LogP contribution is 2.27. The second-order valence-corrected chi connectivity index (χ2v) is 6.72. The number of fused-ring (bicyclic) bond motifs is 1. The summed E-state index contributed by atoms with van der Waals surface area (Å²) >= 11 is 0. The number of nitrogens with two attached hydrogens (primary N) is 1. The Hall–Kier alpha value is -2.88. The van der Waals surface area contributed by atoms with Crippen LogP contribution in [-0.4, -0.2) is 47.7 Å². The highest BCUT2D eigenvalue weighted by molar-refractivity contribution is 6.02. The molecule has 2 atom stereocenters. The summed E-state index contributed by atoms with van der Waals surface area (Å²) in [5.74, 6) is -3.17. The van der Waals surface area contributed by atoms with Crippen LogP contribution in [0, 0.1) is 0 Å². The Morgan fingerprint density at radius 1 is 1.30 bits per heavy atom. The monoisotopic (exact) mass is 429 g/mol. The number of nitrogens with zero attached hydrogens (tertiary/aromatic N) is 1. The lowest BCUT2D eigenvalue weighted by Gasteiger charge is -2.19. The van der Waals surface area contributed by atoms with Crippen LogP contribution in [0.1, 0.15) is 32.3 Å². The van der Waals surface area contributed by atoms with Crippen LogP contribution in [0.25, 0.3) is 0 Å². The molecule has 2 rings (SSSR count). The third kappa shape index (κ3) is 7.86. The first kappa shape index (κ1) is 25.2. The van der Waals surface area contributed by atoms with Gasteiger partial charge in [0, 0.05) is 24.4 Å². The minimum Gasteiger partial charge on any atom is -0.475 e. The minimum absolute atomic E-state index is 0.0235. The second kappa shape index (κ2) is 11.3. The summed E-state index contributed by atoms with van der Waals surface area (Å²) in [4.78, 5) is 34.3. The van der Waals surface area contributed by atoms with Gasteiger partial charge in [0.1, 0.15) is 0 Å². The van der Waals surface area contributed by atoms with Gasteiger partial charge in [-0.1, -0.05) is 37.6 Å². The summed E-state index contributed by atoms with van der Waals surface area (Å²) in [6.07, 6.45) is 1.05. The van der Waals surface area contributed by atoms with Crippen LogP contribution >= 0.6 is 0 Å². The van der Waals surface area contributed by atoms with Gasteiger partial charge in [-0.05, 0) is 31.4 Å². The van der Waals surface area contributed by atoms with Crippen molar-refractivity contribution in [2.45, 2.75) is 51.4 Å². The Kier molecular flexibility index (Phi) is 9.51. The number of alkyl halides is 3. The Morgan fingerprint density at radius 3 is 2.43 bits per heavy atom. The van der Waals surface area contributed by atoms with E-state index in [4.69, 9.17) is 15.6 Å². The molecule has 0 radical (unpaired) electrons. The van der Waals surface area contributed by atoms with Crippen LogP contribution in [0.3, 0.4) is 0 Å². The molecule has 0 bridgehead atoms. The minimum atomic E-state index is -5.08. The zero-order chi connectivity index (χ0) is 22.9. The molecule has 7 nitrogen and oxygen atoms in total. The average molecular weight is 429 g/mol. The smallest absolute Gasteiger partial charge is 0.475 e. The maximum absolute atomic E-state index is 12.5. The van der Waals surface area contributed by atoms with E-state index < -0.39 is 18.2 Å². The molecule has 1 aromatic rings. The Morgan fingerprint density at radius 2 is 1.90 bits per heavy atom. The predicted octanol–water partition coefficient (Wildman–Crippen LogP) is 2.40.